The highest BCUT2D eigenvalue weighted by atomic mass is 32.1. The molecule has 4 nitrogen and oxygen atoms in total. The zero-order valence-electron chi connectivity index (χ0n) is 8.61. The summed E-state index contributed by atoms with van der Waals surface area (Å²) in [6, 6.07) is 0. The summed E-state index contributed by atoms with van der Waals surface area (Å²) < 4.78 is 5.29. The monoisotopic (exact) mass is 225 g/mol. The summed E-state index contributed by atoms with van der Waals surface area (Å²) in [4.78, 5) is 7.70. The molecule has 2 heterocycles. The first-order valence-electron chi connectivity index (χ1n) is 4.98. The Balaban J connectivity index is 2.08. The average Bonchev–Trinajstić information content (AvgIpc) is 2.78. The minimum absolute atomic E-state index is 0.491. The fourth-order valence-electron chi connectivity index (χ4n) is 1.43. The van der Waals surface area contributed by atoms with E-state index in [2.05, 4.69) is 16.5 Å². The Morgan fingerprint density at radius 3 is 3.00 bits per heavy atom. The molecule has 0 bridgehead atoms. The molecule has 0 saturated carbocycles. The summed E-state index contributed by atoms with van der Waals surface area (Å²) in [5.41, 5.74) is 6.49. The van der Waals surface area contributed by atoms with Crippen molar-refractivity contribution in [1.29, 1.82) is 0 Å². The van der Waals surface area contributed by atoms with Gasteiger partial charge in [-0.2, -0.15) is 0 Å². The molecule has 0 amide bonds. The highest BCUT2D eigenvalue weighted by molar-refractivity contribution is 7.16. The molecule has 2 N–H and O–H groups in total. The second kappa shape index (κ2) is 4.74. The largest absolute Gasteiger partial charge is 0.378 e. The Bertz CT molecular complexity index is 344. The van der Waals surface area contributed by atoms with Gasteiger partial charge in [-0.25, -0.2) is 4.98 Å². The smallest absolute Gasteiger partial charge is 0.185 e. The molecule has 1 aromatic rings. The van der Waals surface area contributed by atoms with E-state index in [1.54, 1.807) is 11.3 Å². The quantitative estimate of drug-likeness (QED) is 0.832. The van der Waals surface area contributed by atoms with Crippen LogP contribution in [0.5, 0.6) is 0 Å². The van der Waals surface area contributed by atoms with Gasteiger partial charge in [0.05, 0.1) is 18.1 Å². The number of aromatic nitrogens is 1. The average molecular weight is 225 g/mol. The Labute approximate surface area is 93.4 Å². The van der Waals surface area contributed by atoms with Crippen LogP contribution in [0.4, 0.5) is 5.13 Å². The zero-order valence-corrected chi connectivity index (χ0v) is 9.42. The van der Waals surface area contributed by atoms with Crippen LogP contribution >= 0.6 is 11.3 Å². The summed E-state index contributed by atoms with van der Waals surface area (Å²) in [6.45, 7) is 7.80. The van der Waals surface area contributed by atoms with Crippen LogP contribution in [-0.4, -0.2) is 37.8 Å². The Hall–Kier alpha value is -0.910. The van der Waals surface area contributed by atoms with Gasteiger partial charge in [0.2, 0.25) is 0 Å². The lowest BCUT2D eigenvalue weighted by Crippen LogP contribution is -2.36. The first kappa shape index (κ1) is 10.6. The third kappa shape index (κ3) is 2.37. The number of nitrogens with zero attached hydrogens (tertiary/aromatic N) is 2. The zero-order chi connectivity index (χ0) is 10.7. The van der Waals surface area contributed by atoms with Gasteiger partial charge in [0, 0.05) is 25.8 Å². The molecule has 1 aromatic heterocycles. The minimum atomic E-state index is 0.491. The predicted molar refractivity (Wildman–Crippen MR) is 63.2 cm³/mol. The van der Waals surface area contributed by atoms with Crippen LogP contribution in [0.3, 0.4) is 0 Å². The second-order valence-corrected chi connectivity index (χ2v) is 4.42. The van der Waals surface area contributed by atoms with Crippen molar-refractivity contribution in [3.05, 3.63) is 17.7 Å². The molecule has 0 aromatic carbocycles. The molecule has 0 radical (unpaired) electrons. The molecule has 0 aliphatic carbocycles. The van der Waals surface area contributed by atoms with Crippen LogP contribution in [0.25, 0.3) is 5.57 Å². The van der Waals surface area contributed by atoms with Crippen molar-refractivity contribution >= 4 is 22.0 Å². The van der Waals surface area contributed by atoms with Crippen molar-refractivity contribution in [1.82, 2.24) is 4.98 Å². The number of rotatable bonds is 3. The molecule has 0 atom stereocenters. The maximum absolute atomic E-state index is 5.54. The lowest BCUT2D eigenvalue weighted by Gasteiger charge is -2.25. The SMILES string of the molecule is C=C(CN)c1cnc(N2CCOCC2)s1. The molecule has 1 aliphatic rings. The van der Waals surface area contributed by atoms with Gasteiger partial charge in [-0.15, -0.1) is 0 Å². The van der Waals surface area contributed by atoms with Gasteiger partial charge in [-0.3, -0.25) is 0 Å². The highest BCUT2D eigenvalue weighted by Gasteiger charge is 2.14. The molecule has 1 aliphatic heterocycles. The molecular weight excluding hydrogens is 210 g/mol. The molecule has 15 heavy (non-hydrogen) atoms. The normalized spacial score (nSPS) is 16.7. The van der Waals surface area contributed by atoms with Crippen LogP contribution in [-0.2, 0) is 4.74 Å². The molecule has 2 rings (SSSR count). The molecule has 1 fully saturated rings. The molecule has 82 valence electrons. The van der Waals surface area contributed by atoms with Gasteiger partial charge in [0.25, 0.3) is 0 Å². The maximum atomic E-state index is 5.54. The van der Waals surface area contributed by atoms with E-state index in [9.17, 15) is 0 Å². The number of ether oxygens (including phenoxy) is 1. The van der Waals surface area contributed by atoms with Gasteiger partial charge in [-0.1, -0.05) is 17.9 Å². The van der Waals surface area contributed by atoms with E-state index in [1.165, 1.54) is 0 Å². The molecule has 1 saturated heterocycles. The standard InChI is InChI=1S/C10H15N3OS/c1-8(6-11)9-7-12-10(15-9)13-2-4-14-5-3-13/h7H,1-6,11H2. The minimum Gasteiger partial charge on any atom is -0.378 e. The summed E-state index contributed by atoms with van der Waals surface area (Å²) in [5.74, 6) is 0. The number of morpholine rings is 1. The van der Waals surface area contributed by atoms with Gasteiger partial charge >= 0.3 is 0 Å². The van der Waals surface area contributed by atoms with Crippen LogP contribution in [0, 0.1) is 0 Å². The fourth-order valence-corrected chi connectivity index (χ4v) is 2.38. The van der Waals surface area contributed by atoms with E-state index in [1.807, 2.05) is 6.20 Å². The summed E-state index contributed by atoms with van der Waals surface area (Å²) >= 11 is 1.65. The van der Waals surface area contributed by atoms with E-state index in [0.717, 1.165) is 41.9 Å². The van der Waals surface area contributed by atoms with Crippen LogP contribution in [0.1, 0.15) is 4.88 Å². The van der Waals surface area contributed by atoms with Crippen molar-refractivity contribution in [2.24, 2.45) is 5.73 Å². The Morgan fingerprint density at radius 1 is 1.60 bits per heavy atom. The van der Waals surface area contributed by atoms with Gasteiger partial charge < -0.3 is 15.4 Å². The lowest BCUT2D eigenvalue weighted by molar-refractivity contribution is 0.122. The van der Waals surface area contributed by atoms with Gasteiger partial charge in [0.1, 0.15) is 0 Å². The lowest BCUT2D eigenvalue weighted by atomic mass is 10.3. The maximum Gasteiger partial charge on any atom is 0.185 e. The van der Waals surface area contributed by atoms with Crippen LogP contribution in [0.15, 0.2) is 12.8 Å². The van der Waals surface area contributed by atoms with E-state index in [-0.39, 0.29) is 0 Å². The molecular formula is C10H15N3OS. The van der Waals surface area contributed by atoms with Crippen molar-refractivity contribution in [2.45, 2.75) is 0 Å². The first-order chi connectivity index (χ1) is 7.31. The third-order valence-corrected chi connectivity index (χ3v) is 3.53. The fraction of sp³-hybridized carbons (Fsp3) is 0.500. The Morgan fingerprint density at radius 2 is 2.33 bits per heavy atom. The van der Waals surface area contributed by atoms with E-state index < -0.39 is 0 Å². The number of anilines is 1. The molecule has 0 spiro atoms. The number of nitrogens with two attached hydrogens (primary N) is 1. The third-order valence-electron chi connectivity index (χ3n) is 2.37. The highest BCUT2D eigenvalue weighted by Crippen LogP contribution is 2.27. The topological polar surface area (TPSA) is 51.4 Å². The summed E-state index contributed by atoms with van der Waals surface area (Å²) in [7, 11) is 0. The van der Waals surface area contributed by atoms with Crippen molar-refractivity contribution in [2.75, 3.05) is 37.7 Å². The predicted octanol–water partition coefficient (Wildman–Crippen LogP) is 0.952. The van der Waals surface area contributed by atoms with Gasteiger partial charge in [-0.05, 0) is 5.57 Å². The van der Waals surface area contributed by atoms with E-state index in [4.69, 9.17) is 10.5 Å². The molecule has 0 unspecified atom stereocenters. The van der Waals surface area contributed by atoms with Crippen LogP contribution in [0.2, 0.25) is 0 Å². The summed E-state index contributed by atoms with van der Waals surface area (Å²) in [5, 5.41) is 1.04. The van der Waals surface area contributed by atoms with E-state index in [0.29, 0.717) is 6.54 Å². The number of hydrogen-bond donors (Lipinski definition) is 1. The van der Waals surface area contributed by atoms with Crippen molar-refractivity contribution < 1.29 is 4.74 Å². The number of thiazole rings is 1. The number of hydrogen-bond acceptors (Lipinski definition) is 5. The Kier molecular flexibility index (Phi) is 3.35. The van der Waals surface area contributed by atoms with Crippen molar-refractivity contribution in [3.8, 4) is 0 Å². The molecule has 5 heteroatoms. The van der Waals surface area contributed by atoms with E-state index >= 15 is 0 Å². The van der Waals surface area contributed by atoms with Crippen LogP contribution < -0.4 is 10.6 Å². The summed E-state index contributed by atoms with van der Waals surface area (Å²) in [6.07, 6.45) is 1.85. The van der Waals surface area contributed by atoms with Gasteiger partial charge in [0.15, 0.2) is 5.13 Å². The van der Waals surface area contributed by atoms with Crippen molar-refractivity contribution in [3.63, 3.8) is 0 Å². The first-order valence-corrected chi connectivity index (χ1v) is 5.79. The second-order valence-electron chi connectivity index (χ2n) is 3.41.